The van der Waals surface area contributed by atoms with Crippen molar-refractivity contribution >= 4 is 29.0 Å². The number of pyridine rings is 2. The number of piperidine rings is 1. The summed E-state index contributed by atoms with van der Waals surface area (Å²) in [5.41, 5.74) is 12.8. The molecule has 1 atom stereocenters. The number of hydrogen-bond acceptors (Lipinski definition) is 7. The number of fused-ring (bicyclic) bond motifs is 2. The molecule has 36 heavy (non-hydrogen) atoms. The highest BCUT2D eigenvalue weighted by atomic mass is 35.5. The molecule has 3 aliphatic rings. The lowest BCUT2D eigenvalue weighted by atomic mass is 9.73. The van der Waals surface area contributed by atoms with E-state index in [0.29, 0.717) is 11.1 Å². The van der Waals surface area contributed by atoms with Gasteiger partial charge in [0, 0.05) is 66.8 Å². The van der Waals surface area contributed by atoms with E-state index in [9.17, 15) is 0 Å². The molecule has 1 spiro atoms. The summed E-state index contributed by atoms with van der Waals surface area (Å²) in [6.45, 7) is 3.83. The van der Waals surface area contributed by atoms with E-state index < -0.39 is 0 Å². The van der Waals surface area contributed by atoms with Crippen molar-refractivity contribution in [2.75, 3.05) is 23.3 Å². The summed E-state index contributed by atoms with van der Waals surface area (Å²) in [6.07, 6.45) is 12.8. The Hall–Kier alpha value is -3.23. The van der Waals surface area contributed by atoms with Gasteiger partial charge in [0.1, 0.15) is 11.5 Å². The smallest absolute Gasteiger partial charge is 0.211 e. The number of hydrogen-bond donors (Lipinski definition) is 2. The Bertz CT molecular complexity index is 1470. The average molecular weight is 501 g/mol. The normalized spacial score (nSPS) is 20.8. The number of anilines is 2. The fourth-order valence-electron chi connectivity index (χ4n) is 6.06. The third-order valence-electron chi connectivity index (χ3n) is 8.27. The van der Waals surface area contributed by atoms with Gasteiger partial charge in [0.15, 0.2) is 0 Å². The van der Waals surface area contributed by atoms with Crippen LogP contribution in [0.2, 0.25) is 5.02 Å². The monoisotopic (exact) mass is 500 g/mol. The molecule has 8 nitrogen and oxygen atoms in total. The van der Waals surface area contributed by atoms with Crippen LogP contribution in [-0.4, -0.2) is 43.5 Å². The van der Waals surface area contributed by atoms with Crippen molar-refractivity contribution in [3.8, 4) is 11.1 Å². The Labute approximate surface area is 214 Å². The Morgan fingerprint density at radius 3 is 2.69 bits per heavy atom. The highest BCUT2D eigenvalue weighted by molar-refractivity contribution is 6.36. The maximum Gasteiger partial charge on any atom is 0.211 e. The van der Waals surface area contributed by atoms with Gasteiger partial charge in [0.05, 0.1) is 10.7 Å². The lowest BCUT2D eigenvalue weighted by Crippen LogP contribution is -2.45. The standard InChI is InChI=1S/C27H29ClN8/c1-16-21(19-6-10-31-24(22(19)28)34-17-4-5-17)25-32-11-14-36(25)26(33-16)35-12-7-27(8-13-35)15-20-18(23(27)29)3-2-9-30-20/h2-3,6,9-11,14,17,23H,4-5,7-8,12-13,15,29H2,1H3,(H,31,34)/t23-/m1/s1. The summed E-state index contributed by atoms with van der Waals surface area (Å²) in [5, 5.41) is 4.06. The first-order chi connectivity index (χ1) is 17.5. The topological polar surface area (TPSA) is 97.3 Å². The van der Waals surface area contributed by atoms with Crippen molar-refractivity contribution in [2.45, 2.75) is 51.1 Å². The molecule has 4 aromatic heterocycles. The van der Waals surface area contributed by atoms with Crippen molar-refractivity contribution in [2.24, 2.45) is 11.1 Å². The number of aryl methyl sites for hydroxylation is 1. The third kappa shape index (κ3) is 3.38. The van der Waals surface area contributed by atoms with E-state index in [1.165, 1.54) is 11.3 Å². The first-order valence-electron chi connectivity index (χ1n) is 12.7. The molecule has 1 aliphatic heterocycles. The first kappa shape index (κ1) is 22.0. The summed E-state index contributed by atoms with van der Waals surface area (Å²) in [4.78, 5) is 21.3. The summed E-state index contributed by atoms with van der Waals surface area (Å²) >= 11 is 6.85. The van der Waals surface area contributed by atoms with Gasteiger partial charge in [-0.3, -0.25) is 9.38 Å². The van der Waals surface area contributed by atoms with E-state index in [0.717, 1.165) is 79.4 Å². The van der Waals surface area contributed by atoms with Crippen LogP contribution >= 0.6 is 11.6 Å². The van der Waals surface area contributed by atoms with Crippen LogP contribution in [0.15, 0.2) is 43.0 Å². The molecule has 1 saturated carbocycles. The van der Waals surface area contributed by atoms with E-state index in [1.54, 1.807) is 6.20 Å². The van der Waals surface area contributed by atoms with Gasteiger partial charge >= 0.3 is 0 Å². The van der Waals surface area contributed by atoms with Gasteiger partial charge in [-0.2, -0.15) is 0 Å². The van der Waals surface area contributed by atoms with E-state index in [1.807, 2.05) is 37.6 Å². The second kappa shape index (κ2) is 8.15. The Balaban J connectivity index is 1.21. The molecule has 4 aromatic rings. The number of nitrogens with one attached hydrogen (secondary N) is 1. The lowest BCUT2D eigenvalue weighted by molar-refractivity contribution is 0.186. The summed E-state index contributed by atoms with van der Waals surface area (Å²) in [7, 11) is 0. The highest BCUT2D eigenvalue weighted by Crippen LogP contribution is 2.50. The van der Waals surface area contributed by atoms with Gasteiger partial charge in [-0.15, -0.1) is 0 Å². The van der Waals surface area contributed by atoms with Crippen LogP contribution in [0, 0.1) is 12.3 Å². The summed E-state index contributed by atoms with van der Waals surface area (Å²) in [6, 6.07) is 6.61. The summed E-state index contributed by atoms with van der Waals surface area (Å²) < 4.78 is 2.09. The Morgan fingerprint density at radius 2 is 1.92 bits per heavy atom. The van der Waals surface area contributed by atoms with Gasteiger partial charge in [-0.1, -0.05) is 17.7 Å². The van der Waals surface area contributed by atoms with Gasteiger partial charge in [0.25, 0.3) is 0 Å². The zero-order valence-corrected chi connectivity index (χ0v) is 21.0. The second-order valence-electron chi connectivity index (χ2n) is 10.5. The fraction of sp³-hybridized carbons (Fsp3) is 0.407. The van der Waals surface area contributed by atoms with E-state index in [-0.39, 0.29) is 11.5 Å². The molecule has 9 heteroatoms. The number of rotatable bonds is 4. The van der Waals surface area contributed by atoms with Crippen LogP contribution < -0.4 is 16.0 Å². The number of imidazole rings is 1. The molecule has 5 heterocycles. The molecular weight excluding hydrogens is 472 g/mol. The number of nitrogens with zero attached hydrogens (tertiary/aromatic N) is 6. The fourth-order valence-corrected chi connectivity index (χ4v) is 6.32. The van der Waals surface area contributed by atoms with Crippen LogP contribution in [0.1, 0.15) is 48.7 Å². The SMILES string of the molecule is Cc1nc(N2CCC3(CC2)Cc2ncccc2[C@H]3N)n2ccnc2c1-c1ccnc(NC2CC2)c1Cl. The van der Waals surface area contributed by atoms with Crippen molar-refractivity contribution in [1.82, 2.24) is 24.3 Å². The minimum atomic E-state index is 0.0426. The summed E-state index contributed by atoms with van der Waals surface area (Å²) in [5.74, 6) is 1.65. The van der Waals surface area contributed by atoms with Crippen LogP contribution in [0.5, 0.6) is 0 Å². The zero-order chi connectivity index (χ0) is 24.4. The molecule has 3 N–H and O–H groups in total. The minimum Gasteiger partial charge on any atom is -0.366 e. The molecule has 0 bridgehead atoms. The maximum atomic E-state index is 6.85. The van der Waals surface area contributed by atoms with E-state index >= 15 is 0 Å². The second-order valence-corrected chi connectivity index (χ2v) is 10.9. The predicted octanol–water partition coefficient (Wildman–Crippen LogP) is 4.57. The first-order valence-corrected chi connectivity index (χ1v) is 13.1. The predicted molar refractivity (Wildman–Crippen MR) is 141 cm³/mol. The third-order valence-corrected chi connectivity index (χ3v) is 8.65. The Morgan fingerprint density at radius 1 is 1.08 bits per heavy atom. The van der Waals surface area contributed by atoms with Crippen LogP contribution in [-0.2, 0) is 6.42 Å². The molecule has 7 rings (SSSR count). The van der Waals surface area contributed by atoms with Crippen molar-refractivity contribution < 1.29 is 0 Å². The van der Waals surface area contributed by atoms with E-state index in [4.69, 9.17) is 27.3 Å². The van der Waals surface area contributed by atoms with Crippen molar-refractivity contribution in [1.29, 1.82) is 0 Å². The van der Waals surface area contributed by atoms with Gasteiger partial charge in [-0.05, 0) is 62.1 Å². The molecule has 1 saturated heterocycles. The molecular formula is C27H29ClN8. The average Bonchev–Trinajstić information content (AvgIpc) is 3.50. The number of aromatic nitrogens is 5. The van der Waals surface area contributed by atoms with Crippen LogP contribution in [0.4, 0.5) is 11.8 Å². The van der Waals surface area contributed by atoms with Crippen molar-refractivity contribution in [3.05, 3.63) is 65.0 Å². The molecule has 184 valence electrons. The number of halogens is 1. The molecule has 2 fully saturated rings. The maximum absolute atomic E-state index is 6.85. The van der Waals surface area contributed by atoms with Gasteiger partial charge < -0.3 is 16.0 Å². The molecule has 0 radical (unpaired) electrons. The quantitative estimate of drug-likeness (QED) is 0.423. The van der Waals surface area contributed by atoms with Crippen LogP contribution in [0.25, 0.3) is 16.8 Å². The Kier molecular flexibility index (Phi) is 4.98. The molecule has 0 amide bonds. The van der Waals surface area contributed by atoms with Crippen molar-refractivity contribution in [3.63, 3.8) is 0 Å². The highest BCUT2D eigenvalue weighted by Gasteiger charge is 2.47. The number of nitrogens with two attached hydrogens (primary N) is 1. The van der Waals surface area contributed by atoms with E-state index in [2.05, 4.69) is 30.7 Å². The molecule has 2 aliphatic carbocycles. The lowest BCUT2D eigenvalue weighted by Gasteiger charge is -2.42. The molecule has 0 aromatic carbocycles. The van der Waals surface area contributed by atoms with Gasteiger partial charge in [0.2, 0.25) is 5.95 Å². The largest absolute Gasteiger partial charge is 0.366 e. The minimum absolute atomic E-state index is 0.0426. The van der Waals surface area contributed by atoms with Crippen LogP contribution in [0.3, 0.4) is 0 Å². The molecule has 0 unspecified atom stereocenters. The zero-order valence-electron chi connectivity index (χ0n) is 20.3. The van der Waals surface area contributed by atoms with Gasteiger partial charge in [-0.25, -0.2) is 15.0 Å².